The lowest BCUT2D eigenvalue weighted by Gasteiger charge is -2.26. The highest BCUT2D eigenvalue weighted by Gasteiger charge is 2.12. The van der Waals surface area contributed by atoms with Crippen molar-refractivity contribution >= 4 is 0 Å². The van der Waals surface area contributed by atoms with E-state index in [1.54, 1.807) is 0 Å². The highest BCUT2D eigenvalue weighted by molar-refractivity contribution is 5.34. The van der Waals surface area contributed by atoms with Gasteiger partial charge in [-0.3, -0.25) is 4.90 Å². The second-order valence-electron chi connectivity index (χ2n) is 5.43. The lowest BCUT2D eigenvalue weighted by Crippen LogP contribution is -2.31. The molecule has 0 amide bonds. The van der Waals surface area contributed by atoms with Crippen molar-refractivity contribution in [3.63, 3.8) is 0 Å². The molecule has 2 heteroatoms. The van der Waals surface area contributed by atoms with Crippen molar-refractivity contribution in [3.8, 4) is 5.75 Å². The minimum absolute atomic E-state index is 0.310. The highest BCUT2D eigenvalue weighted by Crippen LogP contribution is 2.19. The van der Waals surface area contributed by atoms with Gasteiger partial charge in [0, 0.05) is 12.6 Å². The van der Waals surface area contributed by atoms with E-state index in [4.69, 9.17) is 4.74 Å². The summed E-state index contributed by atoms with van der Waals surface area (Å²) in [5.74, 6) is 1.62. The minimum atomic E-state index is 0.310. The van der Waals surface area contributed by atoms with Crippen LogP contribution >= 0.6 is 0 Å². The summed E-state index contributed by atoms with van der Waals surface area (Å²) in [7, 11) is 2.11. The summed E-state index contributed by atoms with van der Waals surface area (Å²) in [5, 5.41) is 0. The average molecular weight is 281 g/mol. The molecule has 110 valence electrons. The molecule has 21 heavy (non-hydrogen) atoms. The van der Waals surface area contributed by atoms with E-state index in [9.17, 15) is 0 Å². The fourth-order valence-corrected chi connectivity index (χ4v) is 2.13. The summed E-state index contributed by atoms with van der Waals surface area (Å²) in [6.07, 6.45) is 6.91. The predicted molar refractivity (Wildman–Crippen MR) is 89.3 cm³/mol. The van der Waals surface area contributed by atoms with Crippen LogP contribution in [-0.4, -0.2) is 24.5 Å². The predicted octanol–water partition coefficient (Wildman–Crippen LogP) is 4.34. The average Bonchev–Trinajstić information content (AvgIpc) is 2.49. The van der Waals surface area contributed by atoms with E-state index in [0.29, 0.717) is 6.04 Å². The number of ether oxygens (including phenoxy) is 1. The topological polar surface area (TPSA) is 12.5 Å². The van der Waals surface area contributed by atoms with E-state index in [2.05, 4.69) is 32.0 Å². The van der Waals surface area contributed by atoms with E-state index in [1.807, 2.05) is 48.6 Å². The van der Waals surface area contributed by atoms with Gasteiger partial charge in [0.05, 0.1) is 0 Å². The van der Waals surface area contributed by atoms with Gasteiger partial charge in [0.25, 0.3) is 0 Å². The first kappa shape index (κ1) is 15.3. The van der Waals surface area contributed by atoms with Gasteiger partial charge >= 0.3 is 0 Å². The number of rotatable bonds is 2. The quantitative estimate of drug-likeness (QED) is 0.799. The summed E-state index contributed by atoms with van der Waals surface area (Å²) in [6.45, 7) is 11.4. The van der Waals surface area contributed by atoms with Crippen molar-refractivity contribution < 1.29 is 4.74 Å². The molecule has 1 aromatic rings. The van der Waals surface area contributed by atoms with Gasteiger partial charge in [-0.1, -0.05) is 43.0 Å². The molecule has 1 heterocycles. The maximum Gasteiger partial charge on any atom is 0.127 e. The largest absolute Gasteiger partial charge is 0.457 e. The molecular weight excluding hydrogens is 258 g/mol. The van der Waals surface area contributed by atoms with Gasteiger partial charge in [0.1, 0.15) is 11.5 Å². The first-order valence-corrected chi connectivity index (χ1v) is 7.26. The van der Waals surface area contributed by atoms with Gasteiger partial charge in [-0.25, -0.2) is 0 Å². The number of hydrogen-bond donors (Lipinski definition) is 0. The number of hydrogen-bond acceptors (Lipinski definition) is 2. The van der Waals surface area contributed by atoms with Crippen LogP contribution < -0.4 is 4.74 Å². The Bertz CT molecular complexity index is 568. The molecule has 0 bridgehead atoms. The van der Waals surface area contributed by atoms with Crippen LogP contribution in [-0.2, 0) is 0 Å². The lowest BCUT2D eigenvalue weighted by molar-refractivity contribution is 0.294. The van der Waals surface area contributed by atoms with Gasteiger partial charge in [-0.05, 0) is 50.3 Å². The van der Waals surface area contributed by atoms with Crippen molar-refractivity contribution in [3.05, 3.63) is 78.6 Å². The molecule has 1 atom stereocenters. The Kier molecular flexibility index (Phi) is 5.18. The SMILES string of the molecule is C=C1/C=C(Oc2ccccc2)\C=C/C(=C)C(C)N(C)CC1. The van der Waals surface area contributed by atoms with Crippen LogP contribution in [0.3, 0.4) is 0 Å². The van der Waals surface area contributed by atoms with E-state index in [0.717, 1.165) is 35.6 Å². The van der Waals surface area contributed by atoms with Gasteiger partial charge in [-0.2, -0.15) is 0 Å². The van der Waals surface area contributed by atoms with Crippen molar-refractivity contribution in [2.24, 2.45) is 0 Å². The molecule has 1 aromatic carbocycles. The molecule has 1 aliphatic heterocycles. The van der Waals surface area contributed by atoms with Crippen LogP contribution in [0.1, 0.15) is 13.3 Å². The first-order chi connectivity index (χ1) is 10.1. The van der Waals surface area contributed by atoms with E-state index < -0.39 is 0 Å². The van der Waals surface area contributed by atoms with Crippen LogP contribution in [0, 0.1) is 0 Å². The smallest absolute Gasteiger partial charge is 0.127 e. The zero-order valence-electron chi connectivity index (χ0n) is 12.9. The molecule has 0 aromatic heterocycles. The zero-order chi connectivity index (χ0) is 15.2. The van der Waals surface area contributed by atoms with Crippen molar-refractivity contribution in [1.29, 1.82) is 0 Å². The fraction of sp³-hybridized carbons (Fsp3) is 0.263. The molecule has 2 rings (SSSR count). The number of allylic oxidation sites excluding steroid dienone is 2. The van der Waals surface area contributed by atoms with E-state index >= 15 is 0 Å². The van der Waals surface area contributed by atoms with Crippen LogP contribution in [0.2, 0.25) is 0 Å². The van der Waals surface area contributed by atoms with Gasteiger partial charge in [0.2, 0.25) is 0 Å². The molecule has 0 saturated heterocycles. The fourth-order valence-electron chi connectivity index (χ4n) is 2.13. The molecule has 2 nitrogen and oxygen atoms in total. The molecule has 0 radical (unpaired) electrons. The number of para-hydroxylation sites is 1. The van der Waals surface area contributed by atoms with Crippen LogP contribution in [0.4, 0.5) is 0 Å². The second kappa shape index (κ2) is 7.09. The Labute approximate surface area is 127 Å². The van der Waals surface area contributed by atoms with Crippen LogP contribution in [0.5, 0.6) is 5.75 Å². The van der Waals surface area contributed by atoms with Crippen LogP contribution in [0.15, 0.2) is 78.6 Å². The summed E-state index contributed by atoms with van der Waals surface area (Å²) < 4.78 is 5.93. The Balaban J connectivity index is 2.22. The number of benzene rings is 1. The second-order valence-corrected chi connectivity index (χ2v) is 5.43. The number of nitrogens with zero attached hydrogens (tertiary/aromatic N) is 1. The Hall–Kier alpha value is -2.06. The summed E-state index contributed by atoms with van der Waals surface area (Å²) in [6, 6.07) is 10.1. The van der Waals surface area contributed by atoms with Gasteiger partial charge in [-0.15, -0.1) is 0 Å². The molecule has 1 unspecified atom stereocenters. The Morgan fingerprint density at radius 2 is 1.86 bits per heavy atom. The summed E-state index contributed by atoms with van der Waals surface area (Å²) in [4.78, 5) is 2.29. The standard InChI is InChI=1S/C19H23NO/c1-15-12-13-20(4)17(3)16(2)10-11-19(14-15)21-18-8-6-5-7-9-18/h5-11,14,17H,1-2,12-13H2,3-4H3/b11-10-,19-14+. The van der Waals surface area contributed by atoms with Crippen molar-refractivity contribution in [1.82, 2.24) is 4.90 Å². The Morgan fingerprint density at radius 3 is 2.57 bits per heavy atom. The van der Waals surface area contributed by atoms with Crippen molar-refractivity contribution in [2.45, 2.75) is 19.4 Å². The van der Waals surface area contributed by atoms with Crippen molar-refractivity contribution in [2.75, 3.05) is 13.6 Å². The maximum atomic E-state index is 5.93. The van der Waals surface area contributed by atoms with Gasteiger partial charge in [0.15, 0.2) is 0 Å². The lowest BCUT2D eigenvalue weighted by atomic mass is 10.1. The molecule has 1 aliphatic rings. The molecule has 0 saturated carbocycles. The molecular formula is C19H23NO. The maximum absolute atomic E-state index is 5.93. The summed E-state index contributed by atoms with van der Waals surface area (Å²) >= 11 is 0. The third kappa shape index (κ3) is 4.47. The van der Waals surface area contributed by atoms with Gasteiger partial charge < -0.3 is 4.74 Å². The highest BCUT2D eigenvalue weighted by atomic mass is 16.5. The third-order valence-corrected chi connectivity index (χ3v) is 3.77. The monoisotopic (exact) mass is 281 g/mol. The molecule has 0 spiro atoms. The zero-order valence-corrected chi connectivity index (χ0v) is 12.9. The summed E-state index contributed by atoms with van der Waals surface area (Å²) in [5.41, 5.74) is 2.14. The first-order valence-electron chi connectivity index (χ1n) is 7.26. The third-order valence-electron chi connectivity index (χ3n) is 3.77. The minimum Gasteiger partial charge on any atom is -0.457 e. The Morgan fingerprint density at radius 1 is 1.14 bits per heavy atom. The normalized spacial score (nSPS) is 25.0. The van der Waals surface area contributed by atoms with E-state index in [1.165, 1.54) is 0 Å². The molecule has 0 aliphatic carbocycles. The van der Waals surface area contributed by atoms with E-state index in [-0.39, 0.29) is 0 Å². The van der Waals surface area contributed by atoms with Crippen LogP contribution in [0.25, 0.3) is 0 Å². The molecule has 0 N–H and O–H groups in total. The number of likely N-dealkylation sites (N-methyl/N-ethyl adjacent to an activating group) is 1. The molecule has 0 fully saturated rings.